The van der Waals surface area contributed by atoms with Gasteiger partial charge in [0.05, 0.1) is 0 Å². The molecule has 0 aliphatic heterocycles. The zero-order valence-electron chi connectivity index (χ0n) is 13.6. The molecule has 0 fully saturated rings. The summed E-state index contributed by atoms with van der Waals surface area (Å²) in [6, 6.07) is 14.5. The quantitative estimate of drug-likeness (QED) is 0.724. The van der Waals surface area contributed by atoms with Crippen molar-refractivity contribution in [2.75, 3.05) is 12.4 Å². The zero-order chi connectivity index (χ0) is 17.1. The van der Waals surface area contributed by atoms with E-state index in [2.05, 4.69) is 10.6 Å². The van der Waals surface area contributed by atoms with Crippen molar-refractivity contribution < 1.29 is 9.21 Å². The summed E-state index contributed by atoms with van der Waals surface area (Å²) in [6.45, 7) is 2.41. The highest BCUT2D eigenvalue weighted by Gasteiger charge is 2.07. The third kappa shape index (κ3) is 3.30. The largest absolute Gasteiger partial charge is 0.423 e. The Morgan fingerprint density at radius 2 is 1.96 bits per heavy atom. The average molecular weight is 322 g/mol. The van der Waals surface area contributed by atoms with Gasteiger partial charge in [-0.05, 0) is 42.3 Å². The Morgan fingerprint density at radius 1 is 1.12 bits per heavy atom. The number of hydrogen-bond acceptors (Lipinski definition) is 4. The minimum atomic E-state index is -0.371. The van der Waals surface area contributed by atoms with Crippen molar-refractivity contribution in [3.8, 4) is 0 Å². The molecule has 1 heterocycles. The molecule has 0 spiro atoms. The van der Waals surface area contributed by atoms with Gasteiger partial charge in [0, 0.05) is 36.3 Å². The predicted octanol–water partition coefficient (Wildman–Crippen LogP) is 3.07. The zero-order valence-corrected chi connectivity index (χ0v) is 13.6. The smallest absolute Gasteiger partial charge is 0.336 e. The first-order valence-electron chi connectivity index (χ1n) is 7.66. The van der Waals surface area contributed by atoms with Crippen LogP contribution < -0.4 is 16.3 Å². The van der Waals surface area contributed by atoms with Crippen LogP contribution in [0.1, 0.15) is 21.5 Å². The minimum Gasteiger partial charge on any atom is -0.423 e. The lowest BCUT2D eigenvalue weighted by molar-refractivity contribution is 0.0963. The molecule has 3 rings (SSSR count). The highest BCUT2D eigenvalue weighted by molar-refractivity contribution is 5.94. The summed E-state index contributed by atoms with van der Waals surface area (Å²) in [7, 11) is 1.60. The van der Waals surface area contributed by atoms with Crippen molar-refractivity contribution in [2.45, 2.75) is 13.5 Å². The second-order valence-corrected chi connectivity index (χ2v) is 5.60. The highest BCUT2D eigenvalue weighted by Crippen LogP contribution is 2.20. The monoisotopic (exact) mass is 322 g/mol. The number of fused-ring (bicyclic) bond motifs is 1. The minimum absolute atomic E-state index is 0.139. The van der Waals surface area contributed by atoms with Gasteiger partial charge >= 0.3 is 5.63 Å². The summed E-state index contributed by atoms with van der Waals surface area (Å²) in [6.07, 6.45) is 0. The number of hydrogen-bond donors (Lipinski definition) is 2. The van der Waals surface area contributed by atoms with Crippen molar-refractivity contribution in [3.05, 3.63) is 75.6 Å². The Kier molecular flexibility index (Phi) is 4.33. The fourth-order valence-electron chi connectivity index (χ4n) is 2.60. The molecule has 122 valence electrons. The fourth-order valence-corrected chi connectivity index (χ4v) is 2.60. The SMILES string of the molecule is CNC(=O)c1cccc(NCc2cc(=O)oc3cc(C)ccc23)c1. The van der Waals surface area contributed by atoms with E-state index in [1.165, 1.54) is 6.07 Å². The number of carbonyl (C=O) groups is 1. The number of rotatable bonds is 4. The summed E-state index contributed by atoms with van der Waals surface area (Å²) in [5, 5.41) is 6.75. The molecule has 0 aliphatic rings. The molecular formula is C19H18N2O3. The Balaban J connectivity index is 1.88. The first-order valence-corrected chi connectivity index (χ1v) is 7.66. The van der Waals surface area contributed by atoms with Crippen LogP contribution in [-0.2, 0) is 6.54 Å². The second kappa shape index (κ2) is 6.58. The lowest BCUT2D eigenvalue weighted by Gasteiger charge is -2.10. The summed E-state index contributed by atoms with van der Waals surface area (Å²) in [4.78, 5) is 23.5. The number of carbonyl (C=O) groups excluding carboxylic acids is 1. The van der Waals surface area contributed by atoms with E-state index < -0.39 is 0 Å². The van der Waals surface area contributed by atoms with Gasteiger partial charge in [-0.15, -0.1) is 0 Å². The number of aryl methyl sites for hydroxylation is 1. The van der Waals surface area contributed by atoms with E-state index in [1.54, 1.807) is 19.2 Å². The van der Waals surface area contributed by atoms with E-state index in [1.807, 2.05) is 37.3 Å². The number of amides is 1. The van der Waals surface area contributed by atoms with Crippen molar-refractivity contribution in [1.82, 2.24) is 5.32 Å². The van der Waals surface area contributed by atoms with Gasteiger partial charge < -0.3 is 15.1 Å². The standard InChI is InChI=1S/C19H18N2O3/c1-12-6-7-16-14(10-18(22)24-17(16)8-12)11-21-15-5-3-4-13(9-15)19(23)20-2/h3-10,21H,11H2,1-2H3,(H,20,23). The maximum absolute atomic E-state index is 11.8. The molecule has 24 heavy (non-hydrogen) atoms. The third-order valence-corrected chi connectivity index (χ3v) is 3.82. The third-order valence-electron chi connectivity index (χ3n) is 3.82. The molecule has 0 bridgehead atoms. The molecule has 0 unspecified atom stereocenters. The van der Waals surface area contributed by atoms with Crippen molar-refractivity contribution >= 4 is 22.6 Å². The van der Waals surface area contributed by atoms with Gasteiger partial charge in [-0.1, -0.05) is 18.2 Å². The number of anilines is 1. The van der Waals surface area contributed by atoms with Crippen LogP contribution in [0.5, 0.6) is 0 Å². The highest BCUT2D eigenvalue weighted by atomic mass is 16.4. The van der Waals surface area contributed by atoms with Gasteiger partial charge in [0.1, 0.15) is 5.58 Å². The van der Waals surface area contributed by atoms with Crippen LogP contribution in [0.25, 0.3) is 11.0 Å². The normalized spacial score (nSPS) is 10.6. The van der Waals surface area contributed by atoms with E-state index in [9.17, 15) is 9.59 Å². The van der Waals surface area contributed by atoms with Crippen molar-refractivity contribution in [1.29, 1.82) is 0 Å². The van der Waals surface area contributed by atoms with Crippen LogP contribution in [0.4, 0.5) is 5.69 Å². The molecule has 2 N–H and O–H groups in total. The molecular weight excluding hydrogens is 304 g/mol. The lowest BCUT2D eigenvalue weighted by atomic mass is 10.1. The van der Waals surface area contributed by atoms with E-state index >= 15 is 0 Å². The lowest BCUT2D eigenvalue weighted by Crippen LogP contribution is -2.17. The molecule has 5 heteroatoms. The Morgan fingerprint density at radius 3 is 2.75 bits per heavy atom. The van der Waals surface area contributed by atoms with Crippen molar-refractivity contribution in [2.24, 2.45) is 0 Å². The van der Waals surface area contributed by atoms with Gasteiger partial charge in [-0.3, -0.25) is 4.79 Å². The molecule has 2 aromatic carbocycles. The van der Waals surface area contributed by atoms with Crippen LogP contribution in [0, 0.1) is 6.92 Å². The van der Waals surface area contributed by atoms with Crippen LogP contribution in [0.2, 0.25) is 0 Å². The summed E-state index contributed by atoms with van der Waals surface area (Å²) in [5.41, 5.74) is 3.49. The molecule has 3 aromatic rings. The summed E-state index contributed by atoms with van der Waals surface area (Å²) < 4.78 is 5.26. The Hall–Kier alpha value is -3.08. The van der Waals surface area contributed by atoms with Crippen LogP contribution in [-0.4, -0.2) is 13.0 Å². The maximum atomic E-state index is 11.8. The first kappa shape index (κ1) is 15.8. The molecule has 0 atom stereocenters. The Labute approximate surface area is 139 Å². The second-order valence-electron chi connectivity index (χ2n) is 5.60. The number of benzene rings is 2. The van der Waals surface area contributed by atoms with Gasteiger partial charge in [0.2, 0.25) is 0 Å². The average Bonchev–Trinajstić information content (AvgIpc) is 2.58. The number of nitrogens with one attached hydrogen (secondary N) is 2. The van der Waals surface area contributed by atoms with E-state index in [-0.39, 0.29) is 11.5 Å². The Bertz CT molecular complexity index is 960. The van der Waals surface area contributed by atoms with E-state index in [0.29, 0.717) is 17.7 Å². The van der Waals surface area contributed by atoms with E-state index in [4.69, 9.17) is 4.42 Å². The molecule has 1 amide bonds. The molecule has 0 saturated heterocycles. The summed E-state index contributed by atoms with van der Waals surface area (Å²) >= 11 is 0. The van der Waals surface area contributed by atoms with Gasteiger partial charge in [0.25, 0.3) is 5.91 Å². The van der Waals surface area contributed by atoms with Crippen LogP contribution in [0.3, 0.4) is 0 Å². The molecule has 0 saturated carbocycles. The molecule has 5 nitrogen and oxygen atoms in total. The first-order chi connectivity index (χ1) is 11.6. The maximum Gasteiger partial charge on any atom is 0.336 e. The predicted molar refractivity (Wildman–Crippen MR) is 94.4 cm³/mol. The van der Waals surface area contributed by atoms with E-state index in [0.717, 1.165) is 22.2 Å². The molecule has 0 radical (unpaired) electrons. The van der Waals surface area contributed by atoms with Gasteiger partial charge in [-0.2, -0.15) is 0 Å². The fraction of sp³-hybridized carbons (Fsp3) is 0.158. The van der Waals surface area contributed by atoms with Crippen LogP contribution in [0.15, 0.2) is 57.7 Å². The van der Waals surface area contributed by atoms with Crippen molar-refractivity contribution in [3.63, 3.8) is 0 Å². The van der Waals surface area contributed by atoms with Gasteiger partial charge in [-0.25, -0.2) is 4.79 Å². The van der Waals surface area contributed by atoms with Crippen LogP contribution >= 0.6 is 0 Å². The van der Waals surface area contributed by atoms with Gasteiger partial charge in [0.15, 0.2) is 0 Å². The topological polar surface area (TPSA) is 71.3 Å². The molecule has 0 aliphatic carbocycles. The summed E-state index contributed by atoms with van der Waals surface area (Å²) in [5.74, 6) is -0.139. The molecule has 1 aromatic heterocycles.